The number of benzene rings is 1. The standard InChI is InChI=1S/C19H29ClN4O4S.C2H2O4/c1-22-7-5-15(6-8-22)23(2)14-19(25)21-18-13-16(3-4-17(18)20)29(26,27)24-9-11-28-12-10-24;3-1(4)2(5)6/h3-4,13,15H,5-12,14H2,1-2H3,(H,21,25);(H,3,4)(H,5,6). The first-order chi connectivity index (χ1) is 16.4. The smallest absolute Gasteiger partial charge is 0.414 e. The minimum atomic E-state index is -3.65. The lowest BCUT2D eigenvalue weighted by Gasteiger charge is -2.34. The largest absolute Gasteiger partial charge is 0.473 e. The van der Waals surface area contributed by atoms with Gasteiger partial charge >= 0.3 is 11.9 Å². The van der Waals surface area contributed by atoms with E-state index in [1.54, 1.807) is 0 Å². The molecule has 3 N–H and O–H groups in total. The lowest BCUT2D eigenvalue weighted by atomic mass is 10.0. The second kappa shape index (κ2) is 13.1. The van der Waals surface area contributed by atoms with Crippen molar-refractivity contribution >= 4 is 45.2 Å². The van der Waals surface area contributed by atoms with Gasteiger partial charge in [0.1, 0.15) is 0 Å². The molecule has 0 aliphatic carbocycles. The van der Waals surface area contributed by atoms with Gasteiger partial charge < -0.3 is 25.2 Å². The van der Waals surface area contributed by atoms with Crippen molar-refractivity contribution in [2.24, 2.45) is 0 Å². The van der Waals surface area contributed by atoms with Crippen LogP contribution in [0.4, 0.5) is 5.69 Å². The van der Waals surface area contributed by atoms with E-state index in [0.717, 1.165) is 25.9 Å². The molecule has 0 atom stereocenters. The fourth-order valence-corrected chi connectivity index (χ4v) is 5.28. The summed E-state index contributed by atoms with van der Waals surface area (Å²) in [4.78, 5) is 35.2. The van der Waals surface area contributed by atoms with E-state index in [9.17, 15) is 13.2 Å². The molecule has 35 heavy (non-hydrogen) atoms. The number of carboxylic acids is 2. The van der Waals surface area contributed by atoms with Gasteiger partial charge in [0.05, 0.1) is 35.4 Å². The first kappa shape index (κ1) is 28.9. The minimum Gasteiger partial charge on any atom is -0.473 e. The number of likely N-dealkylation sites (tertiary alicyclic amines) is 1. The highest BCUT2D eigenvalue weighted by Gasteiger charge is 2.27. The van der Waals surface area contributed by atoms with Gasteiger partial charge in [0, 0.05) is 19.1 Å². The van der Waals surface area contributed by atoms with Crippen molar-refractivity contribution in [3.63, 3.8) is 0 Å². The Balaban J connectivity index is 0.000000641. The number of nitrogens with zero attached hydrogens (tertiary/aromatic N) is 3. The average Bonchev–Trinajstić information content (AvgIpc) is 2.81. The zero-order valence-electron chi connectivity index (χ0n) is 19.6. The van der Waals surface area contributed by atoms with Crippen molar-refractivity contribution in [3.8, 4) is 0 Å². The Labute approximate surface area is 209 Å². The molecule has 1 aromatic carbocycles. The predicted molar refractivity (Wildman–Crippen MR) is 128 cm³/mol. The summed E-state index contributed by atoms with van der Waals surface area (Å²) in [6.45, 7) is 3.64. The number of halogens is 1. The van der Waals surface area contributed by atoms with Crippen LogP contribution >= 0.6 is 11.6 Å². The number of aliphatic carboxylic acids is 2. The monoisotopic (exact) mass is 534 g/mol. The molecule has 0 unspecified atom stereocenters. The van der Waals surface area contributed by atoms with Crippen LogP contribution in [0.3, 0.4) is 0 Å². The Bertz CT molecular complexity index is 997. The van der Waals surface area contributed by atoms with Gasteiger partial charge in [-0.1, -0.05) is 11.6 Å². The van der Waals surface area contributed by atoms with E-state index >= 15 is 0 Å². The molecule has 2 aliphatic rings. The summed E-state index contributed by atoms with van der Waals surface area (Å²) < 4.78 is 32.3. The Morgan fingerprint density at radius 1 is 1.11 bits per heavy atom. The van der Waals surface area contributed by atoms with Crippen LogP contribution in [-0.4, -0.2) is 117 Å². The molecule has 0 spiro atoms. The van der Waals surface area contributed by atoms with Crippen LogP contribution in [0, 0.1) is 0 Å². The van der Waals surface area contributed by atoms with Crippen LogP contribution in [0.25, 0.3) is 0 Å². The molecule has 3 rings (SSSR count). The molecule has 1 aromatic rings. The molecular formula is C21H31ClN4O8S. The average molecular weight is 535 g/mol. The van der Waals surface area contributed by atoms with E-state index in [4.69, 9.17) is 36.1 Å². The second-order valence-corrected chi connectivity index (χ2v) is 10.6. The molecule has 2 heterocycles. The maximum absolute atomic E-state index is 12.8. The Morgan fingerprint density at radius 3 is 2.23 bits per heavy atom. The molecule has 196 valence electrons. The number of hydrogen-bond acceptors (Lipinski definition) is 8. The number of anilines is 1. The summed E-state index contributed by atoms with van der Waals surface area (Å²) in [7, 11) is 0.387. The zero-order valence-corrected chi connectivity index (χ0v) is 21.2. The van der Waals surface area contributed by atoms with E-state index in [-0.39, 0.29) is 17.3 Å². The van der Waals surface area contributed by atoms with Crippen molar-refractivity contribution in [2.75, 3.05) is 65.3 Å². The molecule has 0 bridgehead atoms. The number of piperidine rings is 1. The van der Waals surface area contributed by atoms with Crippen LogP contribution < -0.4 is 5.32 Å². The van der Waals surface area contributed by atoms with Crippen LogP contribution in [0.5, 0.6) is 0 Å². The fraction of sp³-hybridized carbons (Fsp3) is 0.571. The van der Waals surface area contributed by atoms with Gasteiger partial charge in [0.25, 0.3) is 0 Å². The predicted octanol–water partition coefficient (Wildman–Crippen LogP) is 0.481. The third-order valence-electron chi connectivity index (χ3n) is 5.71. The Morgan fingerprint density at radius 2 is 1.69 bits per heavy atom. The number of carbonyl (C=O) groups excluding carboxylic acids is 1. The molecule has 2 aliphatic heterocycles. The number of likely N-dealkylation sites (N-methyl/N-ethyl adjacent to an activating group) is 1. The molecule has 0 radical (unpaired) electrons. The van der Waals surface area contributed by atoms with E-state index in [1.807, 2.05) is 11.9 Å². The summed E-state index contributed by atoms with van der Waals surface area (Å²) in [6.07, 6.45) is 2.04. The maximum Gasteiger partial charge on any atom is 0.414 e. The first-order valence-corrected chi connectivity index (χ1v) is 12.8. The SMILES string of the molecule is CN1CCC(N(C)CC(=O)Nc2cc(S(=O)(=O)N3CCOCC3)ccc2Cl)CC1.O=C(O)C(=O)O. The number of carboxylic acid groups (broad SMARTS) is 2. The summed E-state index contributed by atoms with van der Waals surface area (Å²) in [6, 6.07) is 4.76. The summed E-state index contributed by atoms with van der Waals surface area (Å²) in [5, 5.41) is 17.9. The number of carbonyl (C=O) groups is 3. The lowest BCUT2D eigenvalue weighted by Crippen LogP contribution is -2.44. The van der Waals surface area contributed by atoms with Crippen molar-refractivity contribution in [3.05, 3.63) is 23.2 Å². The maximum atomic E-state index is 12.8. The number of rotatable bonds is 6. The first-order valence-electron chi connectivity index (χ1n) is 10.9. The summed E-state index contributed by atoms with van der Waals surface area (Å²) in [5.74, 6) is -3.86. The van der Waals surface area contributed by atoms with Crippen LogP contribution in [0.2, 0.25) is 5.02 Å². The van der Waals surface area contributed by atoms with E-state index in [2.05, 4.69) is 17.3 Å². The second-order valence-electron chi connectivity index (χ2n) is 8.27. The van der Waals surface area contributed by atoms with Crippen molar-refractivity contribution in [2.45, 2.75) is 23.8 Å². The van der Waals surface area contributed by atoms with E-state index in [0.29, 0.717) is 43.1 Å². The zero-order chi connectivity index (χ0) is 26.2. The third-order valence-corrected chi connectivity index (χ3v) is 7.93. The molecule has 2 saturated heterocycles. The fourth-order valence-electron chi connectivity index (χ4n) is 3.68. The van der Waals surface area contributed by atoms with Gasteiger partial charge in [0.2, 0.25) is 15.9 Å². The number of hydrogen-bond donors (Lipinski definition) is 3. The normalized spacial score (nSPS) is 17.9. The Kier molecular flexibility index (Phi) is 10.9. The number of sulfonamides is 1. The number of ether oxygens (including phenoxy) is 1. The molecule has 1 amide bonds. The number of amides is 1. The van der Waals surface area contributed by atoms with Crippen LogP contribution in [0.1, 0.15) is 12.8 Å². The van der Waals surface area contributed by atoms with Crippen molar-refractivity contribution in [1.29, 1.82) is 0 Å². The molecular weight excluding hydrogens is 504 g/mol. The molecule has 14 heteroatoms. The summed E-state index contributed by atoms with van der Waals surface area (Å²) >= 11 is 6.22. The van der Waals surface area contributed by atoms with Crippen LogP contribution in [0.15, 0.2) is 23.1 Å². The van der Waals surface area contributed by atoms with Gasteiger partial charge in [-0.2, -0.15) is 4.31 Å². The highest BCUT2D eigenvalue weighted by Crippen LogP contribution is 2.27. The molecule has 2 fully saturated rings. The number of morpholine rings is 1. The Hall–Kier alpha value is -2.29. The lowest BCUT2D eigenvalue weighted by molar-refractivity contribution is -0.159. The van der Waals surface area contributed by atoms with E-state index in [1.165, 1.54) is 22.5 Å². The highest BCUT2D eigenvalue weighted by atomic mass is 35.5. The van der Waals surface area contributed by atoms with Crippen molar-refractivity contribution in [1.82, 2.24) is 14.1 Å². The van der Waals surface area contributed by atoms with Gasteiger partial charge in [-0.15, -0.1) is 0 Å². The van der Waals surface area contributed by atoms with Gasteiger partial charge in [-0.25, -0.2) is 18.0 Å². The van der Waals surface area contributed by atoms with Crippen molar-refractivity contribution < 1.29 is 37.8 Å². The summed E-state index contributed by atoms with van der Waals surface area (Å²) in [5.41, 5.74) is 0.308. The molecule has 12 nitrogen and oxygen atoms in total. The molecule has 0 saturated carbocycles. The van der Waals surface area contributed by atoms with Crippen LogP contribution in [-0.2, 0) is 29.1 Å². The topological polar surface area (TPSA) is 157 Å². The molecule has 0 aromatic heterocycles. The van der Waals surface area contributed by atoms with E-state index < -0.39 is 22.0 Å². The van der Waals surface area contributed by atoms with Gasteiger partial charge in [-0.05, 0) is 58.2 Å². The van der Waals surface area contributed by atoms with Gasteiger partial charge in [0.15, 0.2) is 0 Å². The van der Waals surface area contributed by atoms with Gasteiger partial charge in [-0.3, -0.25) is 9.69 Å². The minimum absolute atomic E-state index is 0.114. The quantitative estimate of drug-likeness (QED) is 0.438. The third kappa shape index (κ3) is 8.70. The highest BCUT2D eigenvalue weighted by molar-refractivity contribution is 7.89. The number of nitrogens with one attached hydrogen (secondary N) is 1.